The van der Waals surface area contributed by atoms with E-state index >= 15 is 0 Å². The Morgan fingerprint density at radius 3 is 2.60 bits per heavy atom. The van der Waals surface area contributed by atoms with Crippen molar-refractivity contribution in [1.29, 1.82) is 5.26 Å². The van der Waals surface area contributed by atoms with Gasteiger partial charge in [0.15, 0.2) is 0 Å². The van der Waals surface area contributed by atoms with E-state index in [1.54, 1.807) is 36.2 Å². The van der Waals surface area contributed by atoms with Crippen LogP contribution < -0.4 is 4.90 Å². The minimum atomic E-state index is -0.619. The van der Waals surface area contributed by atoms with E-state index in [4.69, 9.17) is 5.26 Å². The molecular formula is C15H11BrF2N2. The van der Waals surface area contributed by atoms with Gasteiger partial charge in [-0.1, -0.05) is 12.1 Å². The van der Waals surface area contributed by atoms with Crippen LogP contribution in [0.5, 0.6) is 0 Å². The zero-order chi connectivity index (χ0) is 14.7. The average molecular weight is 337 g/mol. The molecule has 0 aliphatic carbocycles. The summed E-state index contributed by atoms with van der Waals surface area (Å²) in [6.07, 6.45) is 0. The van der Waals surface area contributed by atoms with Gasteiger partial charge >= 0.3 is 0 Å². The maximum atomic E-state index is 13.9. The summed E-state index contributed by atoms with van der Waals surface area (Å²) in [6.45, 7) is 0.0375. The minimum absolute atomic E-state index is 0.0328. The molecule has 0 spiro atoms. The van der Waals surface area contributed by atoms with Gasteiger partial charge in [-0.05, 0) is 40.2 Å². The van der Waals surface area contributed by atoms with Gasteiger partial charge in [-0.2, -0.15) is 5.26 Å². The standard InChI is InChI=1S/C15H11BrF2N2/c1-20(14-5-3-2-4-10(14)8-19)9-11-13(17)7-6-12(16)15(11)18/h2-7H,9H2,1H3. The largest absolute Gasteiger partial charge is 0.369 e. The van der Waals surface area contributed by atoms with E-state index in [1.165, 1.54) is 12.1 Å². The molecule has 0 atom stereocenters. The molecule has 0 aliphatic heterocycles. The minimum Gasteiger partial charge on any atom is -0.369 e. The fourth-order valence-corrected chi connectivity index (χ4v) is 2.31. The molecule has 2 rings (SSSR count). The maximum absolute atomic E-state index is 13.9. The molecule has 0 unspecified atom stereocenters. The second-order valence-electron chi connectivity index (χ2n) is 4.31. The predicted octanol–water partition coefficient (Wildman–Crippen LogP) is 4.24. The molecule has 0 saturated carbocycles. The van der Waals surface area contributed by atoms with Gasteiger partial charge in [-0.3, -0.25) is 0 Å². The lowest BCUT2D eigenvalue weighted by Crippen LogP contribution is -2.19. The summed E-state index contributed by atoms with van der Waals surface area (Å²) >= 11 is 3.04. The third-order valence-electron chi connectivity index (χ3n) is 2.97. The Labute approximate surface area is 124 Å². The first-order chi connectivity index (χ1) is 9.54. The van der Waals surface area contributed by atoms with Crippen LogP contribution in [0.1, 0.15) is 11.1 Å². The lowest BCUT2D eigenvalue weighted by atomic mass is 10.1. The van der Waals surface area contributed by atoms with E-state index in [9.17, 15) is 8.78 Å². The van der Waals surface area contributed by atoms with Gasteiger partial charge in [0.25, 0.3) is 0 Å². The highest BCUT2D eigenvalue weighted by Crippen LogP contribution is 2.25. The van der Waals surface area contributed by atoms with Crippen LogP contribution in [0.25, 0.3) is 0 Å². The first kappa shape index (κ1) is 14.5. The van der Waals surface area contributed by atoms with Gasteiger partial charge < -0.3 is 4.90 Å². The van der Waals surface area contributed by atoms with Gasteiger partial charge in [0.05, 0.1) is 15.7 Å². The molecule has 0 heterocycles. The van der Waals surface area contributed by atoms with Gasteiger partial charge in [-0.15, -0.1) is 0 Å². The Kier molecular flexibility index (Phi) is 4.35. The Bertz CT molecular complexity index is 680. The highest BCUT2D eigenvalue weighted by molar-refractivity contribution is 9.10. The molecule has 0 radical (unpaired) electrons. The van der Waals surface area contributed by atoms with E-state index < -0.39 is 11.6 Å². The number of nitriles is 1. The van der Waals surface area contributed by atoms with Crippen LogP contribution in [0.4, 0.5) is 14.5 Å². The van der Waals surface area contributed by atoms with Crippen LogP contribution in [0, 0.1) is 23.0 Å². The number of hydrogen-bond acceptors (Lipinski definition) is 2. The summed E-state index contributed by atoms with van der Waals surface area (Å²) < 4.78 is 27.9. The normalized spacial score (nSPS) is 10.2. The molecule has 0 bridgehead atoms. The summed E-state index contributed by atoms with van der Waals surface area (Å²) in [5, 5.41) is 9.05. The number of anilines is 1. The van der Waals surface area contributed by atoms with Crippen molar-refractivity contribution in [3.05, 3.63) is 63.6 Å². The molecule has 0 N–H and O–H groups in total. The Hall–Kier alpha value is -1.93. The lowest BCUT2D eigenvalue weighted by molar-refractivity contribution is 0.549. The zero-order valence-electron chi connectivity index (χ0n) is 10.7. The summed E-state index contributed by atoms with van der Waals surface area (Å²) in [5.41, 5.74) is 1.06. The molecule has 20 heavy (non-hydrogen) atoms. The number of rotatable bonds is 3. The van der Waals surface area contributed by atoms with Crippen molar-refractivity contribution in [3.63, 3.8) is 0 Å². The molecular weight excluding hydrogens is 326 g/mol. The highest BCUT2D eigenvalue weighted by Gasteiger charge is 2.15. The van der Waals surface area contributed by atoms with Crippen molar-refractivity contribution in [2.24, 2.45) is 0 Å². The Morgan fingerprint density at radius 1 is 1.20 bits per heavy atom. The average Bonchev–Trinajstić information content (AvgIpc) is 2.47. The molecule has 2 aromatic carbocycles. The van der Waals surface area contributed by atoms with Gasteiger partial charge in [0.1, 0.15) is 17.7 Å². The number of hydrogen-bond donors (Lipinski definition) is 0. The summed E-state index contributed by atoms with van der Waals surface area (Å²) in [7, 11) is 1.69. The molecule has 0 amide bonds. The van der Waals surface area contributed by atoms with Gasteiger partial charge in [-0.25, -0.2) is 8.78 Å². The van der Waals surface area contributed by atoms with Crippen LogP contribution in [0.2, 0.25) is 0 Å². The van der Waals surface area contributed by atoms with E-state index in [-0.39, 0.29) is 16.6 Å². The SMILES string of the molecule is CN(Cc1c(F)ccc(Br)c1F)c1ccccc1C#N. The zero-order valence-corrected chi connectivity index (χ0v) is 12.3. The van der Waals surface area contributed by atoms with E-state index in [2.05, 4.69) is 22.0 Å². The molecule has 2 nitrogen and oxygen atoms in total. The highest BCUT2D eigenvalue weighted by atomic mass is 79.9. The monoisotopic (exact) mass is 336 g/mol. The third-order valence-corrected chi connectivity index (χ3v) is 3.58. The molecule has 2 aromatic rings. The molecule has 0 aromatic heterocycles. The van der Waals surface area contributed by atoms with E-state index in [0.29, 0.717) is 11.3 Å². The predicted molar refractivity (Wildman–Crippen MR) is 77.3 cm³/mol. The first-order valence-electron chi connectivity index (χ1n) is 5.87. The van der Waals surface area contributed by atoms with Crippen LogP contribution >= 0.6 is 15.9 Å². The fourth-order valence-electron chi connectivity index (χ4n) is 1.94. The molecule has 5 heteroatoms. The van der Waals surface area contributed by atoms with Crippen molar-refractivity contribution >= 4 is 21.6 Å². The van der Waals surface area contributed by atoms with Crippen molar-refractivity contribution in [2.45, 2.75) is 6.54 Å². The van der Waals surface area contributed by atoms with Gasteiger partial charge in [0.2, 0.25) is 0 Å². The Balaban J connectivity index is 2.36. The maximum Gasteiger partial charge on any atom is 0.145 e. The second kappa shape index (κ2) is 6.02. The second-order valence-corrected chi connectivity index (χ2v) is 5.16. The smallest absolute Gasteiger partial charge is 0.145 e. The third kappa shape index (κ3) is 2.81. The lowest BCUT2D eigenvalue weighted by Gasteiger charge is -2.21. The summed E-state index contributed by atoms with van der Waals surface area (Å²) in [4.78, 5) is 1.65. The Morgan fingerprint density at radius 2 is 1.90 bits per heavy atom. The topological polar surface area (TPSA) is 27.0 Å². The van der Waals surface area contributed by atoms with E-state index in [0.717, 1.165) is 0 Å². The van der Waals surface area contributed by atoms with Crippen LogP contribution in [-0.4, -0.2) is 7.05 Å². The quantitative estimate of drug-likeness (QED) is 0.784. The molecule has 0 aliphatic rings. The van der Waals surface area contributed by atoms with Crippen molar-refractivity contribution in [2.75, 3.05) is 11.9 Å². The number of halogens is 3. The van der Waals surface area contributed by atoms with E-state index in [1.807, 2.05) is 0 Å². The number of para-hydroxylation sites is 1. The first-order valence-corrected chi connectivity index (χ1v) is 6.66. The van der Waals surface area contributed by atoms with Crippen LogP contribution in [0.3, 0.4) is 0 Å². The van der Waals surface area contributed by atoms with Crippen LogP contribution in [0.15, 0.2) is 40.9 Å². The van der Waals surface area contributed by atoms with Crippen LogP contribution in [-0.2, 0) is 6.54 Å². The van der Waals surface area contributed by atoms with Crippen molar-refractivity contribution in [1.82, 2.24) is 0 Å². The molecule has 102 valence electrons. The number of nitrogens with zero attached hydrogens (tertiary/aromatic N) is 2. The number of benzene rings is 2. The summed E-state index contributed by atoms with van der Waals surface area (Å²) in [5.74, 6) is -1.22. The fraction of sp³-hybridized carbons (Fsp3) is 0.133. The van der Waals surface area contributed by atoms with Crippen molar-refractivity contribution in [3.8, 4) is 6.07 Å². The summed E-state index contributed by atoms with van der Waals surface area (Å²) in [6, 6.07) is 11.5. The van der Waals surface area contributed by atoms with Gasteiger partial charge in [0, 0.05) is 19.2 Å². The molecule has 0 saturated heterocycles. The molecule has 0 fully saturated rings. The van der Waals surface area contributed by atoms with Crippen molar-refractivity contribution < 1.29 is 8.78 Å².